The average molecular weight is 628 g/mol. The molecular formula is C34H41N7O5. The summed E-state index contributed by atoms with van der Waals surface area (Å²) in [5.74, 6) is 5.49. The summed E-state index contributed by atoms with van der Waals surface area (Å²) in [6.07, 6.45) is 5.67. The van der Waals surface area contributed by atoms with Gasteiger partial charge in [0.2, 0.25) is 0 Å². The summed E-state index contributed by atoms with van der Waals surface area (Å²) < 4.78 is 12.3. The molecule has 4 aromatic rings. The number of rotatable bonds is 16. The number of aryl methyl sites for hydroxylation is 1. The molecule has 242 valence electrons. The third kappa shape index (κ3) is 8.68. The largest absolute Gasteiger partial charge is 0.466 e. The molecule has 2 aromatic heterocycles. The number of hydrazone groups is 1. The first-order valence-corrected chi connectivity index (χ1v) is 15.5. The van der Waals surface area contributed by atoms with Crippen molar-refractivity contribution in [3.05, 3.63) is 83.8 Å². The Labute approximate surface area is 268 Å². The third-order valence-corrected chi connectivity index (χ3v) is 7.40. The Kier molecular flexibility index (Phi) is 12.2. The molecule has 0 atom stereocenters. The number of fused-ring (bicyclic) bond motifs is 1. The Morgan fingerprint density at radius 3 is 2.46 bits per heavy atom. The number of aromatic nitrogens is 3. The molecule has 0 bridgehead atoms. The number of unbranched alkanes of at least 4 members (excludes halogenated alkanes) is 3. The molecule has 0 spiro atoms. The van der Waals surface area contributed by atoms with Gasteiger partial charge in [-0.25, -0.2) is 14.8 Å². The lowest BCUT2D eigenvalue weighted by Gasteiger charge is -2.21. The van der Waals surface area contributed by atoms with Gasteiger partial charge in [-0.3, -0.25) is 14.5 Å². The molecule has 0 radical (unpaired) electrons. The van der Waals surface area contributed by atoms with Crippen molar-refractivity contribution in [1.29, 1.82) is 0 Å². The fourth-order valence-corrected chi connectivity index (χ4v) is 4.90. The monoisotopic (exact) mass is 627 g/mol. The molecule has 0 saturated carbocycles. The molecule has 0 saturated heterocycles. The number of nitrogens with two attached hydrogens (primary N) is 1. The zero-order valence-corrected chi connectivity index (χ0v) is 26.6. The Morgan fingerprint density at radius 1 is 0.978 bits per heavy atom. The van der Waals surface area contributed by atoms with E-state index in [1.165, 1.54) is 4.90 Å². The number of anilines is 2. The Hall–Kier alpha value is -5.26. The van der Waals surface area contributed by atoms with Gasteiger partial charge in [0.05, 0.1) is 37.2 Å². The number of amides is 1. The quantitative estimate of drug-likeness (QED) is 0.0576. The minimum Gasteiger partial charge on any atom is -0.466 e. The molecule has 2 heterocycles. The highest BCUT2D eigenvalue weighted by molar-refractivity contribution is 6.43. The highest BCUT2D eigenvalue weighted by atomic mass is 16.5. The fourth-order valence-electron chi connectivity index (χ4n) is 4.90. The van der Waals surface area contributed by atoms with Gasteiger partial charge in [-0.2, -0.15) is 5.10 Å². The molecule has 0 aliphatic heterocycles. The van der Waals surface area contributed by atoms with Crippen molar-refractivity contribution in [3.8, 4) is 0 Å². The van der Waals surface area contributed by atoms with Crippen molar-refractivity contribution >= 4 is 46.1 Å². The van der Waals surface area contributed by atoms with Crippen LogP contribution in [-0.4, -0.2) is 57.9 Å². The van der Waals surface area contributed by atoms with Gasteiger partial charge >= 0.3 is 11.9 Å². The van der Waals surface area contributed by atoms with Gasteiger partial charge in [-0.15, -0.1) is 0 Å². The molecule has 4 rings (SSSR count). The molecular weight excluding hydrogens is 586 g/mol. The maximum absolute atomic E-state index is 13.6. The van der Waals surface area contributed by atoms with Crippen molar-refractivity contribution < 1.29 is 23.9 Å². The molecule has 2 aromatic carbocycles. The van der Waals surface area contributed by atoms with E-state index in [2.05, 4.69) is 22.3 Å². The summed E-state index contributed by atoms with van der Waals surface area (Å²) in [4.78, 5) is 48.7. The van der Waals surface area contributed by atoms with Gasteiger partial charge in [0.1, 0.15) is 11.6 Å². The van der Waals surface area contributed by atoms with Gasteiger partial charge in [0.25, 0.3) is 5.91 Å². The first-order chi connectivity index (χ1) is 22.4. The average Bonchev–Trinajstić information content (AvgIpc) is 3.39. The Morgan fingerprint density at radius 2 is 1.76 bits per heavy atom. The predicted molar refractivity (Wildman–Crippen MR) is 177 cm³/mol. The van der Waals surface area contributed by atoms with Crippen LogP contribution in [0.3, 0.4) is 0 Å². The van der Waals surface area contributed by atoms with Crippen LogP contribution < -0.4 is 16.1 Å². The number of hydrogen-bond donors (Lipinski definition) is 2. The Bertz CT molecular complexity index is 1650. The van der Waals surface area contributed by atoms with Crippen LogP contribution in [0.25, 0.3) is 11.0 Å². The molecule has 0 aliphatic rings. The van der Waals surface area contributed by atoms with E-state index in [0.717, 1.165) is 42.7 Å². The maximum Gasteiger partial charge on any atom is 0.359 e. The number of carbonyl (C=O) groups excluding carboxylic acids is 3. The minimum absolute atomic E-state index is 0.0440. The lowest BCUT2D eigenvalue weighted by Crippen LogP contribution is -2.34. The van der Waals surface area contributed by atoms with Gasteiger partial charge in [0.15, 0.2) is 5.71 Å². The van der Waals surface area contributed by atoms with Crippen LogP contribution in [0.2, 0.25) is 0 Å². The number of pyridine rings is 1. The summed E-state index contributed by atoms with van der Waals surface area (Å²) >= 11 is 0. The van der Waals surface area contributed by atoms with Crippen LogP contribution in [0, 0.1) is 0 Å². The van der Waals surface area contributed by atoms with Gasteiger partial charge in [0, 0.05) is 36.6 Å². The zero-order chi connectivity index (χ0) is 32.9. The third-order valence-electron chi connectivity index (χ3n) is 7.40. The first-order valence-electron chi connectivity index (χ1n) is 15.5. The number of nitrogens with one attached hydrogen (secondary N) is 1. The first kappa shape index (κ1) is 33.6. The van der Waals surface area contributed by atoms with Crippen molar-refractivity contribution in [2.75, 3.05) is 30.0 Å². The smallest absolute Gasteiger partial charge is 0.359 e. The summed E-state index contributed by atoms with van der Waals surface area (Å²) in [6.45, 7) is 5.01. The predicted octanol–water partition coefficient (Wildman–Crippen LogP) is 4.97. The van der Waals surface area contributed by atoms with Gasteiger partial charge in [-0.1, -0.05) is 44.4 Å². The Balaban J connectivity index is 1.43. The standard InChI is InChI=1S/C34H41N7O5/c1-4-6-7-10-21-46-34(44)32(39-35)24-12-15-26(16-13-24)37-23-30-38-27-22-25(14-17-28(27)40(30)3)33(43)41(20-18-31(42)45-5-2)29-11-8-9-19-36-29/h8-9,11-17,19,22,37H,4-7,10,18,20-21,23,35H2,1-3H3. The van der Waals surface area contributed by atoms with Crippen LogP contribution in [0.5, 0.6) is 0 Å². The second-order valence-corrected chi connectivity index (χ2v) is 10.6. The SMILES string of the molecule is CCCCCCOC(=O)C(=NN)c1ccc(NCc2nc3cc(C(=O)N(CCC(=O)OCC)c4ccccn4)ccc3n2C)cc1. The maximum atomic E-state index is 13.6. The van der Waals surface area contributed by atoms with Gasteiger partial charge in [-0.05, 0) is 55.8 Å². The highest BCUT2D eigenvalue weighted by Gasteiger charge is 2.22. The minimum atomic E-state index is -0.542. The van der Waals surface area contributed by atoms with Gasteiger partial charge < -0.3 is 25.2 Å². The summed E-state index contributed by atoms with van der Waals surface area (Å²) in [7, 11) is 1.91. The molecule has 1 amide bonds. The molecule has 0 aliphatic carbocycles. The molecule has 12 nitrogen and oxygen atoms in total. The van der Waals surface area contributed by atoms with E-state index in [-0.39, 0.29) is 37.2 Å². The zero-order valence-electron chi connectivity index (χ0n) is 26.6. The molecule has 0 fully saturated rings. The van der Waals surface area contributed by atoms with E-state index in [1.54, 1.807) is 55.6 Å². The van der Waals surface area contributed by atoms with E-state index < -0.39 is 5.97 Å². The normalized spacial score (nSPS) is 11.3. The summed E-state index contributed by atoms with van der Waals surface area (Å²) in [5.41, 5.74) is 3.38. The molecule has 3 N–H and O–H groups in total. The number of imidazole rings is 1. The van der Waals surface area contributed by atoms with Crippen LogP contribution in [0.4, 0.5) is 11.5 Å². The van der Waals surface area contributed by atoms with Crippen LogP contribution >= 0.6 is 0 Å². The fraction of sp³-hybridized carbons (Fsp3) is 0.353. The number of carbonyl (C=O) groups is 3. The number of hydrogen-bond acceptors (Lipinski definition) is 10. The van der Waals surface area contributed by atoms with E-state index in [4.69, 9.17) is 20.3 Å². The van der Waals surface area contributed by atoms with Crippen LogP contribution in [0.15, 0.2) is 72.0 Å². The van der Waals surface area contributed by atoms with Crippen molar-refractivity contribution in [2.45, 2.75) is 52.5 Å². The number of benzene rings is 2. The van der Waals surface area contributed by atoms with E-state index in [1.807, 2.05) is 29.8 Å². The number of esters is 2. The topological polar surface area (TPSA) is 154 Å². The molecule has 12 heteroatoms. The van der Waals surface area contributed by atoms with Crippen LogP contribution in [-0.2, 0) is 32.7 Å². The number of ether oxygens (including phenoxy) is 2. The van der Waals surface area contributed by atoms with Crippen molar-refractivity contribution in [1.82, 2.24) is 14.5 Å². The molecule has 46 heavy (non-hydrogen) atoms. The van der Waals surface area contributed by atoms with Crippen molar-refractivity contribution in [3.63, 3.8) is 0 Å². The highest BCUT2D eigenvalue weighted by Crippen LogP contribution is 2.21. The second kappa shape index (κ2) is 16.7. The van der Waals surface area contributed by atoms with Crippen LogP contribution in [0.1, 0.15) is 67.7 Å². The summed E-state index contributed by atoms with van der Waals surface area (Å²) in [6, 6.07) is 17.8. The lowest BCUT2D eigenvalue weighted by molar-refractivity contribution is -0.142. The molecule has 0 unspecified atom stereocenters. The van der Waals surface area contributed by atoms with E-state index in [9.17, 15) is 14.4 Å². The van der Waals surface area contributed by atoms with E-state index in [0.29, 0.717) is 35.6 Å². The van der Waals surface area contributed by atoms with Crippen molar-refractivity contribution in [2.24, 2.45) is 18.0 Å². The number of nitrogens with zero attached hydrogens (tertiary/aromatic N) is 5. The lowest BCUT2D eigenvalue weighted by atomic mass is 10.1. The van der Waals surface area contributed by atoms with E-state index >= 15 is 0 Å². The second-order valence-electron chi connectivity index (χ2n) is 10.6. The summed E-state index contributed by atoms with van der Waals surface area (Å²) in [5, 5.41) is 7.01.